The topological polar surface area (TPSA) is 105 Å². The highest BCUT2D eigenvalue weighted by molar-refractivity contribution is 5.73. The van der Waals surface area contributed by atoms with Crippen molar-refractivity contribution in [2.75, 3.05) is 6.54 Å². The first-order valence-electron chi connectivity index (χ1n) is 4.96. The number of hydrogen-bond acceptors (Lipinski definition) is 5. The van der Waals surface area contributed by atoms with Gasteiger partial charge in [0.25, 0.3) is 0 Å². The molecule has 1 aliphatic rings. The molecule has 15 heavy (non-hydrogen) atoms. The van der Waals surface area contributed by atoms with E-state index in [1.807, 2.05) is 0 Å². The molecule has 0 bridgehead atoms. The molecule has 5 atom stereocenters. The van der Waals surface area contributed by atoms with Crippen molar-refractivity contribution in [1.29, 1.82) is 0 Å². The van der Waals surface area contributed by atoms with E-state index in [1.54, 1.807) is 6.92 Å². The molecule has 5 unspecified atom stereocenters. The van der Waals surface area contributed by atoms with Gasteiger partial charge >= 0.3 is 0 Å². The van der Waals surface area contributed by atoms with E-state index in [-0.39, 0.29) is 18.6 Å². The maximum atomic E-state index is 10.9. The van der Waals surface area contributed by atoms with Gasteiger partial charge in [0.1, 0.15) is 12.2 Å². The molecule has 0 aromatic rings. The minimum atomic E-state index is -1.07. The van der Waals surface area contributed by atoms with Gasteiger partial charge in [0, 0.05) is 13.5 Å². The summed E-state index contributed by atoms with van der Waals surface area (Å²) in [7, 11) is 0. The van der Waals surface area contributed by atoms with Gasteiger partial charge in [0.2, 0.25) is 5.91 Å². The zero-order valence-electron chi connectivity index (χ0n) is 8.88. The van der Waals surface area contributed by atoms with E-state index < -0.39 is 24.4 Å². The molecule has 1 amide bonds. The summed E-state index contributed by atoms with van der Waals surface area (Å²) < 4.78 is 5.38. The molecular weight excluding hydrogens is 200 g/mol. The second-order valence-electron chi connectivity index (χ2n) is 3.82. The minimum Gasteiger partial charge on any atom is -0.388 e. The predicted octanol–water partition coefficient (Wildman–Crippen LogP) is -2.04. The lowest BCUT2D eigenvalue weighted by Gasteiger charge is -2.41. The van der Waals surface area contributed by atoms with Gasteiger partial charge < -0.3 is 26.0 Å². The number of nitrogens with one attached hydrogen (secondary N) is 1. The van der Waals surface area contributed by atoms with Crippen LogP contribution in [0.1, 0.15) is 13.8 Å². The minimum absolute atomic E-state index is 0.134. The Hall–Kier alpha value is -0.690. The van der Waals surface area contributed by atoms with Crippen molar-refractivity contribution >= 4 is 5.91 Å². The summed E-state index contributed by atoms with van der Waals surface area (Å²) in [5, 5.41) is 21.9. The van der Waals surface area contributed by atoms with Gasteiger partial charge in [0.15, 0.2) is 0 Å². The summed E-state index contributed by atoms with van der Waals surface area (Å²) in [6, 6.07) is -0.597. The second-order valence-corrected chi connectivity index (χ2v) is 3.82. The third kappa shape index (κ3) is 2.66. The Morgan fingerprint density at radius 1 is 1.47 bits per heavy atom. The lowest BCUT2D eigenvalue weighted by Crippen LogP contribution is -2.63. The fourth-order valence-corrected chi connectivity index (χ4v) is 1.78. The van der Waals surface area contributed by atoms with Crippen LogP contribution in [-0.4, -0.2) is 53.1 Å². The first-order valence-corrected chi connectivity index (χ1v) is 4.96. The number of nitrogens with two attached hydrogens (primary N) is 1. The summed E-state index contributed by atoms with van der Waals surface area (Å²) in [5.41, 5.74) is 5.38. The number of rotatable bonds is 2. The van der Waals surface area contributed by atoms with Crippen LogP contribution in [0.5, 0.6) is 0 Å². The van der Waals surface area contributed by atoms with Crippen LogP contribution < -0.4 is 11.1 Å². The zero-order valence-corrected chi connectivity index (χ0v) is 8.88. The average Bonchev–Trinajstić information content (AvgIpc) is 2.18. The van der Waals surface area contributed by atoms with Crippen LogP contribution in [0.2, 0.25) is 0 Å². The maximum absolute atomic E-state index is 10.9. The highest BCUT2D eigenvalue weighted by atomic mass is 16.5. The van der Waals surface area contributed by atoms with Crippen molar-refractivity contribution in [3.05, 3.63) is 0 Å². The lowest BCUT2D eigenvalue weighted by molar-refractivity contribution is -0.177. The van der Waals surface area contributed by atoms with Crippen LogP contribution >= 0.6 is 0 Å². The SMILES string of the molecule is CC(=O)NC1C(C)OC(CN)C(O)C1O. The molecule has 6 heteroatoms. The van der Waals surface area contributed by atoms with Gasteiger partial charge in [-0.05, 0) is 6.92 Å². The summed E-state index contributed by atoms with van der Waals surface area (Å²) in [5.74, 6) is -0.270. The Morgan fingerprint density at radius 2 is 2.07 bits per heavy atom. The van der Waals surface area contributed by atoms with Crippen LogP contribution in [0, 0.1) is 0 Å². The Labute approximate surface area is 88.4 Å². The Balaban J connectivity index is 2.70. The normalized spacial score (nSPS) is 41.3. The third-order valence-corrected chi connectivity index (χ3v) is 2.60. The van der Waals surface area contributed by atoms with Gasteiger partial charge in [-0.1, -0.05) is 0 Å². The summed E-state index contributed by atoms with van der Waals surface area (Å²) in [6.07, 6.45) is -3.07. The van der Waals surface area contributed by atoms with Gasteiger partial charge in [-0.15, -0.1) is 0 Å². The van der Waals surface area contributed by atoms with E-state index in [4.69, 9.17) is 10.5 Å². The van der Waals surface area contributed by atoms with E-state index >= 15 is 0 Å². The number of carbonyl (C=O) groups is 1. The summed E-state index contributed by atoms with van der Waals surface area (Å²) in [4.78, 5) is 10.9. The molecule has 0 spiro atoms. The number of ether oxygens (including phenoxy) is 1. The van der Waals surface area contributed by atoms with Gasteiger partial charge in [-0.2, -0.15) is 0 Å². The van der Waals surface area contributed by atoms with Crippen LogP contribution in [0.15, 0.2) is 0 Å². The Kier molecular flexibility index (Phi) is 4.04. The van der Waals surface area contributed by atoms with Crippen molar-refractivity contribution in [2.45, 2.75) is 44.3 Å². The molecule has 6 nitrogen and oxygen atoms in total. The van der Waals surface area contributed by atoms with Crippen molar-refractivity contribution in [3.63, 3.8) is 0 Å². The molecule has 1 heterocycles. The van der Waals surface area contributed by atoms with E-state index in [2.05, 4.69) is 5.32 Å². The summed E-state index contributed by atoms with van der Waals surface area (Å²) >= 11 is 0. The van der Waals surface area contributed by atoms with Crippen LogP contribution in [0.25, 0.3) is 0 Å². The van der Waals surface area contributed by atoms with Crippen LogP contribution in [-0.2, 0) is 9.53 Å². The number of aliphatic hydroxyl groups is 2. The van der Waals surface area contributed by atoms with Gasteiger partial charge in [0.05, 0.1) is 18.2 Å². The van der Waals surface area contributed by atoms with E-state index in [0.717, 1.165) is 0 Å². The Bertz CT molecular complexity index is 236. The van der Waals surface area contributed by atoms with Crippen LogP contribution in [0.3, 0.4) is 0 Å². The highest BCUT2D eigenvalue weighted by Gasteiger charge is 2.42. The highest BCUT2D eigenvalue weighted by Crippen LogP contribution is 2.20. The zero-order chi connectivity index (χ0) is 11.6. The average molecular weight is 218 g/mol. The smallest absolute Gasteiger partial charge is 0.217 e. The molecule has 1 saturated heterocycles. The number of aliphatic hydroxyl groups excluding tert-OH is 2. The van der Waals surface area contributed by atoms with Crippen molar-refractivity contribution in [1.82, 2.24) is 5.32 Å². The van der Waals surface area contributed by atoms with E-state index in [1.165, 1.54) is 6.92 Å². The molecule has 88 valence electrons. The molecule has 0 aliphatic carbocycles. The molecule has 0 saturated carbocycles. The quantitative estimate of drug-likeness (QED) is 0.427. The van der Waals surface area contributed by atoms with Gasteiger partial charge in [-0.3, -0.25) is 4.79 Å². The van der Waals surface area contributed by atoms with Crippen molar-refractivity contribution < 1.29 is 19.7 Å². The fraction of sp³-hybridized carbons (Fsp3) is 0.889. The number of hydrogen-bond donors (Lipinski definition) is 4. The van der Waals surface area contributed by atoms with Crippen molar-refractivity contribution in [2.24, 2.45) is 5.73 Å². The molecule has 0 radical (unpaired) electrons. The largest absolute Gasteiger partial charge is 0.388 e. The predicted molar refractivity (Wildman–Crippen MR) is 53.0 cm³/mol. The maximum Gasteiger partial charge on any atom is 0.217 e. The number of amides is 1. The fourth-order valence-electron chi connectivity index (χ4n) is 1.78. The first kappa shape index (κ1) is 12.4. The molecule has 1 aliphatic heterocycles. The summed E-state index contributed by atoms with van der Waals surface area (Å²) in [6.45, 7) is 3.20. The second kappa shape index (κ2) is 4.89. The van der Waals surface area contributed by atoms with Crippen LogP contribution in [0.4, 0.5) is 0 Å². The number of carbonyl (C=O) groups excluding carboxylic acids is 1. The van der Waals surface area contributed by atoms with Crippen molar-refractivity contribution in [3.8, 4) is 0 Å². The molecule has 0 aromatic carbocycles. The monoisotopic (exact) mass is 218 g/mol. The standard InChI is InChI=1S/C9H18N2O4/c1-4-7(11-5(2)12)9(14)8(13)6(3-10)15-4/h4,6-9,13-14H,3,10H2,1-2H3,(H,11,12). The first-order chi connectivity index (χ1) is 6.97. The Morgan fingerprint density at radius 3 is 2.53 bits per heavy atom. The lowest BCUT2D eigenvalue weighted by atomic mass is 9.93. The van der Waals surface area contributed by atoms with E-state index in [9.17, 15) is 15.0 Å². The molecule has 1 fully saturated rings. The molecule has 5 N–H and O–H groups in total. The van der Waals surface area contributed by atoms with E-state index in [0.29, 0.717) is 0 Å². The molecular formula is C9H18N2O4. The molecule has 1 rings (SSSR count). The molecule has 0 aromatic heterocycles. The van der Waals surface area contributed by atoms with Gasteiger partial charge in [-0.25, -0.2) is 0 Å². The third-order valence-electron chi connectivity index (χ3n) is 2.60.